The Balaban J connectivity index is 1.97. The molecule has 1 aromatic heterocycles. The SMILES string of the molecule is O=C(Nc1ccc(F)cc1)c1ccccc1-n1ccccc1=O. The van der Waals surface area contributed by atoms with Crippen LogP contribution in [0.4, 0.5) is 10.1 Å². The van der Waals surface area contributed by atoms with E-state index in [1.165, 1.54) is 34.9 Å². The van der Waals surface area contributed by atoms with Crippen LogP contribution in [0.15, 0.2) is 77.7 Å². The first-order chi connectivity index (χ1) is 11.1. The standard InChI is InChI=1S/C18H13FN2O2/c19-13-8-10-14(11-9-13)20-18(23)15-5-1-2-6-16(15)21-12-4-3-7-17(21)22/h1-12H,(H,20,23). The zero-order valence-corrected chi connectivity index (χ0v) is 12.1. The lowest BCUT2D eigenvalue weighted by molar-refractivity contribution is 0.102. The van der Waals surface area contributed by atoms with Crippen molar-refractivity contribution in [3.05, 3.63) is 94.7 Å². The molecule has 0 bridgehead atoms. The van der Waals surface area contributed by atoms with Crippen molar-refractivity contribution in [1.82, 2.24) is 4.57 Å². The maximum Gasteiger partial charge on any atom is 0.257 e. The maximum absolute atomic E-state index is 12.9. The van der Waals surface area contributed by atoms with E-state index in [0.29, 0.717) is 16.9 Å². The summed E-state index contributed by atoms with van der Waals surface area (Å²) in [6.45, 7) is 0. The first kappa shape index (κ1) is 14.7. The molecule has 1 amide bonds. The second-order valence-corrected chi connectivity index (χ2v) is 4.89. The van der Waals surface area contributed by atoms with Gasteiger partial charge in [-0.05, 0) is 42.5 Å². The van der Waals surface area contributed by atoms with Crippen LogP contribution in [0.25, 0.3) is 5.69 Å². The van der Waals surface area contributed by atoms with Crippen molar-refractivity contribution in [3.8, 4) is 5.69 Å². The summed E-state index contributed by atoms with van der Waals surface area (Å²) in [7, 11) is 0. The van der Waals surface area contributed by atoms with E-state index in [1.54, 1.807) is 42.6 Å². The highest BCUT2D eigenvalue weighted by Gasteiger charge is 2.13. The highest BCUT2D eigenvalue weighted by molar-refractivity contribution is 6.06. The zero-order chi connectivity index (χ0) is 16.2. The second-order valence-electron chi connectivity index (χ2n) is 4.89. The van der Waals surface area contributed by atoms with Gasteiger partial charge >= 0.3 is 0 Å². The Kier molecular flexibility index (Phi) is 4.01. The Labute approximate surface area is 131 Å². The molecule has 1 N–H and O–H groups in total. The number of nitrogens with one attached hydrogen (secondary N) is 1. The average Bonchev–Trinajstić information content (AvgIpc) is 2.57. The van der Waals surface area contributed by atoms with Crippen LogP contribution < -0.4 is 10.9 Å². The largest absolute Gasteiger partial charge is 0.322 e. The van der Waals surface area contributed by atoms with E-state index in [1.807, 2.05) is 0 Å². The van der Waals surface area contributed by atoms with Gasteiger partial charge in [-0.3, -0.25) is 14.2 Å². The molecule has 23 heavy (non-hydrogen) atoms. The molecule has 4 nitrogen and oxygen atoms in total. The fourth-order valence-electron chi connectivity index (χ4n) is 2.23. The number of aromatic nitrogens is 1. The molecule has 114 valence electrons. The smallest absolute Gasteiger partial charge is 0.257 e. The van der Waals surface area contributed by atoms with E-state index < -0.39 is 0 Å². The number of nitrogens with zero attached hydrogens (tertiary/aromatic N) is 1. The molecule has 0 atom stereocenters. The molecule has 3 rings (SSSR count). The summed E-state index contributed by atoms with van der Waals surface area (Å²) in [6, 6.07) is 17.1. The van der Waals surface area contributed by atoms with Crippen LogP contribution >= 0.6 is 0 Å². The van der Waals surface area contributed by atoms with E-state index in [4.69, 9.17) is 0 Å². The molecule has 0 unspecified atom stereocenters. The monoisotopic (exact) mass is 308 g/mol. The van der Waals surface area contributed by atoms with Gasteiger partial charge in [0, 0.05) is 18.0 Å². The van der Waals surface area contributed by atoms with Crippen LogP contribution in [0.3, 0.4) is 0 Å². The van der Waals surface area contributed by atoms with Crippen molar-refractivity contribution in [3.63, 3.8) is 0 Å². The predicted molar refractivity (Wildman–Crippen MR) is 86.4 cm³/mol. The Morgan fingerprint density at radius 2 is 1.61 bits per heavy atom. The number of hydrogen-bond donors (Lipinski definition) is 1. The van der Waals surface area contributed by atoms with E-state index in [2.05, 4.69) is 5.32 Å². The van der Waals surface area contributed by atoms with Crippen molar-refractivity contribution >= 4 is 11.6 Å². The molecule has 5 heteroatoms. The summed E-state index contributed by atoms with van der Waals surface area (Å²) in [5, 5.41) is 2.69. The summed E-state index contributed by atoms with van der Waals surface area (Å²) >= 11 is 0. The van der Waals surface area contributed by atoms with Crippen molar-refractivity contribution in [2.24, 2.45) is 0 Å². The molecule has 1 heterocycles. The minimum absolute atomic E-state index is 0.227. The molecule has 0 aliphatic heterocycles. The van der Waals surface area contributed by atoms with Gasteiger partial charge in [-0.2, -0.15) is 0 Å². The molecule has 2 aromatic carbocycles. The number of rotatable bonds is 3. The molecule has 0 saturated carbocycles. The molecular weight excluding hydrogens is 295 g/mol. The third-order valence-corrected chi connectivity index (χ3v) is 3.33. The van der Waals surface area contributed by atoms with E-state index >= 15 is 0 Å². The van der Waals surface area contributed by atoms with Gasteiger partial charge in [0.1, 0.15) is 5.82 Å². The Morgan fingerprint density at radius 3 is 2.35 bits per heavy atom. The minimum atomic E-state index is -0.376. The maximum atomic E-state index is 12.9. The number of anilines is 1. The number of amides is 1. The minimum Gasteiger partial charge on any atom is -0.322 e. The Bertz CT molecular complexity index is 901. The number of benzene rings is 2. The number of halogens is 1. The summed E-state index contributed by atoms with van der Waals surface area (Å²) in [5.74, 6) is -0.748. The lowest BCUT2D eigenvalue weighted by Crippen LogP contribution is -2.21. The lowest BCUT2D eigenvalue weighted by atomic mass is 10.1. The number of para-hydroxylation sites is 1. The van der Waals surface area contributed by atoms with Gasteiger partial charge in [-0.25, -0.2) is 4.39 Å². The number of hydrogen-bond acceptors (Lipinski definition) is 2. The van der Waals surface area contributed by atoms with Crippen LogP contribution in [0.2, 0.25) is 0 Å². The molecule has 0 aliphatic rings. The Morgan fingerprint density at radius 1 is 0.913 bits per heavy atom. The van der Waals surface area contributed by atoms with Gasteiger partial charge in [0.05, 0.1) is 11.3 Å². The fraction of sp³-hybridized carbons (Fsp3) is 0. The average molecular weight is 308 g/mol. The van der Waals surface area contributed by atoms with Crippen molar-refractivity contribution in [2.75, 3.05) is 5.32 Å². The van der Waals surface area contributed by atoms with Gasteiger partial charge in [-0.1, -0.05) is 18.2 Å². The van der Waals surface area contributed by atoms with Gasteiger partial charge in [0.2, 0.25) is 0 Å². The van der Waals surface area contributed by atoms with E-state index in [-0.39, 0.29) is 17.3 Å². The lowest BCUT2D eigenvalue weighted by Gasteiger charge is -2.12. The second kappa shape index (κ2) is 6.27. The molecule has 0 fully saturated rings. The van der Waals surface area contributed by atoms with Crippen LogP contribution in [-0.2, 0) is 0 Å². The van der Waals surface area contributed by atoms with Gasteiger partial charge in [0.15, 0.2) is 0 Å². The first-order valence-corrected chi connectivity index (χ1v) is 6.99. The summed E-state index contributed by atoms with van der Waals surface area (Å²) < 4.78 is 14.3. The van der Waals surface area contributed by atoms with Crippen LogP contribution in [0, 0.1) is 5.82 Å². The fourth-order valence-corrected chi connectivity index (χ4v) is 2.23. The van der Waals surface area contributed by atoms with Gasteiger partial charge < -0.3 is 5.32 Å². The quantitative estimate of drug-likeness (QED) is 0.807. The van der Waals surface area contributed by atoms with Gasteiger partial charge in [-0.15, -0.1) is 0 Å². The number of pyridine rings is 1. The summed E-state index contributed by atoms with van der Waals surface area (Å²) in [5.41, 5.74) is 1.09. The number of carbonyl (C=O) groups is 1. The Hall–Kier alpha value is -3.21. The summed E-state index contributed by atoms with van der Waals surface area (Å²) in [6.07, 6.45) is 1.60. The van der Waals surface area contributed by atoms with E-state index in [0.717, 1.165) is 0 Å². The third kappa shape index (κ3) is 3.18. The molecule has 0 radical (unpaired) electrons. The van der Waals surface area contributed by atoms with Crippen molar-refractivity contribution in [1.29, 1.82) is 0 Å². The zero-order valence-electron chi connectivity index (χ0n) is 12.1. The molecule has 0 aliphatic carbocycles. The topological polar surface area (TPSA) is 51.1 Å². The van der Waals surface area contributed by atoms with Crippen LogP contribution in [0.1, 0.15) is 10.4 Å². The molecule has 0 saturated heterocycles. The normalized spacial score (nSPS) is 10.3. The highest BCUT2D eigenvalue weighted by atomic mass is 19.1. The number of carbonyl (C=O) groups excluding carboxylic acids is 1. The van der Waals surface area contributed by atoms with Crippen LogP contribution in [0.5, 0.6) is 0 Å². The molecule has 0 spiro atoms. The van der Waals surface area contributed by atoms with Crippen molar-refractivity contribution < 1.29 is 9.18 Å². The van der Waals surface area contributed by atoms with Crippen molar-refractivity contribution in [2.45, 2.75) is 0 Å². The highest BCUT2D eigenvalue weighted by Crippen LogP contribution is 2.16. The predicted octanol–water partition coefficient (Wildman–Crippen LogP) is 3.23. The molecule has 3 aromatic rings. The third-order valence-electron chi connectivity index (χ3n) is 3.33. The van der Waals surface area contributed by atoms with E-state index in [9.17, 15) is 14.0 Å². The first-order valence-electron chi connectivity index (χ1n) is 6.99. The van der Waals surface area contributed by atoms with Crippen LogP contribution in [-0.4, -0.2) is 10.5 Å². The summed E-state index contributed by atoms with van der Waals surface area (Å²) in [4.78, 5) is 24.5. The van der Waals surface area contributed by atoms with Gasteiger partial charge in [0.25, 0.3) is 11.5 Å². The molecular formula is C18H13FN2O2.